The van der Waals surface area contributed by atoms with Gasteiger partial charge in [-0.1, -0.05) is 68.4 Å². The van der Waals surface area contributed by atoms with Crippen molar-refractivity contribution in [3.05, 3.63) is 119 Å². The monoisotopic (exact) mass is 651 g/mol. The zero-order valence-corrected chi connectivity index (χ0v) is 27.6. The molecule has 2 atom stereocenters. The molecule has 0 spiro atoms. The lowest BCUT2D eigenvalue weighted by molar-refractivity contribution is -0.145. The van der Waals surface area contributed by atoms with Crippen LogP contribution in [0.15, 0.2) is 89.6 Å². The van der Waals surface area contributed by atoms with E-state index in [1.54, 1.807) is 25.3 Å². The molecule has 0 saturated heterocycles. The van der Waals surface area contributed by atoms with Crippen LogP contribution in [0.4, 0.5) is 4.79 Å². The van der Waals surface area contributed by atoms with Crippen LogP contribution < -0.4 is 10.6 Å². The number of carbonyl (C=O) groups is 3. The minimum absolute atomic E-state index is 0.0152. The first kappa shape index (κ1) is 33.9. The first-order valence-electron chi connectivity index (χ1n) is 16.1. The number of nitrogens with zero attached hydrogens (tertiary/aromatic N) is 3. The third-order valence-corrected chi connectivity index (χ3v) is 7.79. The van der Waals surface area contributed by atoms with E-state index in [1.807, 2.05) is 92.3 Å². The van der Waals surface area contributed by atoms with Crippen molar-refractivity contribution in [2.24, 2.45) is 13.0 Å². The van der Waals surface area contributed by atoms with Gasteiger partial charge < -0.3 is 29.1 Å². The van der Waals surface area contributed by atoms with E-state index in [4.69, 9.17) is 13.9 Å². The third-order valence-electron chi connectivity index (χ3n) is 7.79. The number of aryl methyl sites for hydroxylation is 1. The molecule has 0 aliphatic carbocycles. The Morgan fingerprint density at radius 2 is 1.69 bits per heavy atom. The highest BCUT2D eigenvalue weighted by Crippen LogP contribution is 2.28. The van der Waals surface area contributed by atoms with Crippen LogP contribution in [-0.2, 0) is 40.8 Å². The number of benzene rings is 2. The van der Waals surface area contributed by atoms with Crippen molar-refractivity contribution in [2.45, 2.75) is 58.7 Å². The number of ether oxygens (including phenoxy) is 2. The number of amides is 2. The third kappa shape index (κ3) is 8.67. The number of esters is 1. The van der Waals surface area contributed by atoms with Gasteiger partial charge in [0.25, 0.3) is 5.91 Å². The number of fused-ring (bicyclic) bond motifs is 1. The van der Waals surface area contributed by atoms with Gasteiger partial charge >= 0.3 is 12.1 Å². The molecule has 0 aliphatic heterocycles. The average Bonchev–Trinajstić information content (AvgIpc) is 3.65. The number of rotatable bonds is 14. The predicted octanol–water partition coefficient (Wildman–Crippen LogP) is 6.07. The van der Waals surface area contributed by atoms with Gasteiger partial charge in [-0.3, -0.25) is 9.78 Å². The first-order chi connectivity index (χ1) is 23.2. The largest absolute Gasteiger partial charge is 0.464 e. The van der Waals surface area contributed by atoms with Crippen LogP contribution in [0.25, 0.3) is 10.9 Å². The van der Waals surface area contributed by atoms with E-state index < -0.39 is 30.1 Å². The van der Waals surface area contributed by atoms with Gasteiger partial charge in [0.2, 0.25) is 5.89 Å². The standard InChI is InChI=1S/C37H41N5O6/c1-5-46-36(44)30(21-27-15-11-12-18-38-27)39-34(43)33-32(20-26-22-42(4)31-17-10-9-16-28(26)31)48-35(41-33)29(19-24(2)3)40-37(45)47-23-25-13-7-6-8-14-25/h6-18,22,24,29-30H,5,19-21,23H2,1-4H3,(H,39,43)(H,40,45)/t29-,30+/m0/s1. The van der Waals surface area contributed by atoms with Crippen molar-refractivity contribution in [3.8, 4) is 0 Å². The summed E-state index contributed by atoms with van der Waals surface area (Å²) in [5, 5.41) is 6.70. The fourth-order valence-corrected chi connectivity index (χ4v) is 5.55. The normalized spacial score (nSPS) is 12.4. The van der Waals surface area contributed by atoms with Gasteiger partial charge in [0.15, 0.2) is 5.69 Å². The fraction of sp³-hybridized carbons (Fsp3) is 0.324. The Bertz CT molecular complexity index is 1830. The van der Waals surface area contributed by atoms with Crippen LogP contribution in [0.3, 0.4) is 0 Å². The first-order valence-corrected chi connectivity index (χ1v) is 16.1. The number of oxazole rings is 1. The van der Waals surface area contributed by atoms with E-state index in [-0.39, 0.29) is 43.6 Å². The minimum atomic E-state index is -1.02. The summed E-state index contributed by atoms with van der Waals surface area (Å²) >= 11 is 0. The van der Waals surface area contributed by atoms with E-state index in [9.17, 15) is 14.4 Å². The second-order valence-electron chi connectivity index (χ2n) is 12.0. The highest BCUT2D eigenvalue weighted by Gasteiger charge is 2.31. The lowest BCUT2D eigenvalue weighted by atomic mass is 10.0. The Balaban J connectivity index is 1.47. The van der Waals surface area contributed by atoms with Gasteiger partial charge in [0, 0.05) is 48.9 Å². The fourth-order valence-electron chi connectivity index (χ4n) is 5.55. The zero-order chi connectivity index (χ0) is 34.0. The molecule has 0 radical (unpaired) electrons. The van der Waals surface area contributed by atoms with Gasteiger partial charge in [0.05, 0.1) is 6.61 Å². The molecule has 5 aromatic rings. The molecule has 11 heteroatoms. The summed E-state index contributed by atoms with van der Waals surface area (Å²) in [7, 11) is 1.95. The summed E-state index contributed by atoms with van der Waals surface area (Å²) < 4.78 is 19.1. The van der Waals surface area contributed by atoms with Crippen molar-refractivity contribution in [1.82, 2.24) is 25.2 Å². The van der Waals surface area contributed by atoms with E-state index in [0.717, 1.165) is 22.0 Å². The smallest absolute Gasteiger partial charge is 0.408 e. The second kappa shape index (κ2) is 15.9. The zero-order valence-electron chi connectivity index (χ0n) is 27.6. The van der Waals surface area contributed by atoms with E-state index in [2.05, 4.69) is 20.6 Å². The average molecular weight is 652 g/mol. The molecule has 0 bridgehead atoms. The SMILES string of the molecule is CCOC(=O)[C@@H](Cc1ccccn1)NC(=O)c1nc([C@H](CC(C)C)NC(=O)OCc2ccccc2)oc1Cc1cn(C)c2ccccc12. The Kier molecular flexibility index (Phi) is 11.2. The maximum atomic E-state index is 14.0. The number of hydrogen-bond donors (Lipinski definition) is 2. The lowest BCUT2D eigenvalue weighted by Gasteiger charge is -2.17. The predicted molar refractivity (Wildman–Crippen MR) is 180 cm³/mol. The topological polar surface area (TPSA) is 138 Å². The molecule has 0 saturated carbocycles. The Hall–Kier alpha value is -5.45. The highest BCUT2D eigenvalue weighted by molar-refractivity contribution is 5.96. The van der Waals surface area contributed by atoms with Crippen LogP contribution in [0.5, 0.6) is 0 Å². The Morgan fingerprint density at radius 1 is 0.938 bits per heavy atom. The number of pyridine rings is 1. The van der Waals surface area contributed by atoms with Gasteiger partial charge in [0.1, 0.15) is 24.5 Å². The number of para-hydroxylation sites is 1. The van der Waals surface area contributed by atoms with Crippen molar-refractivity contribution in [3.63, 3.8) is 0 Å². The second-order valence-corrected chi connectivity index (χ2v) is 12.0. The van der Waals surface area contributed by atoms with Gasteiger partial charge in [-0.05, 0) is 48.6 Å². The van der Waals surface area contributed by atoms with Crippen LogP contribution in [0.1, 0.15) is 72.2 Å². The summed E-state index contributed by atoms with van der Waals surface area (Å²) in [4.78, 5) is 48.9. The molecule has 5 rings (SSSR count). The van der Waals surface area contributed by atoms with E-state index in [1.165, 1.54) is 0 Å². The molecule has 11 nitrogen and oxygen atoms in total. The number of alkyl carbamates (subject to hydrolysis) is 1. The highest BCUT2D eigenvalue weighted by atomic mass is 16.5. The molecule has 2 N–H and O–H groups in total. The summed E-state index contributed by atoms with van der Waals surface area (Å²) in [6, 6.07) is 21.0. The molecule has 0 fully saturated rings. The van der Waals surface area contributed by atoms with Crippen LogP contribution in [0, 0.1) is 5.92 Å². The van der Waals surface area contributed by atoms with Crippen molar-refractivity contribution >= 4 is 28.9 Å². The molecule has 2 aromatic carbocycles. The molecular formula is C37H41N5O6. The minimum Gasteiger partial charge on any atom is -0.464 e. The van der Waals surface area contributed by atoms with Gasteiger partial charge in [-0.2, -0.15) is 0 Å². The van der Waals surface area contributed by atoms with E-state index in [0.29, 0.717) is 17.9 Å². The maximum absolute atomic E-state index is 14.0. The summed E-state index contributed by atoms with van der Waals surface area (Å²) in [5.74, 6) is -0.590. The van der Waals surface area contributed by atoms with Crippen LogP contribution >= 0.6 is 0 Å². The van der Waals surface area contributed by atoms with Crippen LogP contribution in [-0.4, -0.2) is 45.2 Å². The number of nitrogens with one attached hydrogen (secondary N) is 2. The van der Waals surface area contributed by atoms with Crippen molar-refractivity contribution in [1.29, 1.82) is 0 Å². The molecular weight excluding hydrogens is 610 g/mol. The number of aromatic nitrogens is 3. The van der Waals surface area contributed by atoms with Crippen molar-refractivity contribution < 1.29 is 28.3 Å². The maximum Gasteiger partial charge on any atom is 0.408 e. The summed E-state index contributed by atoms with van der Waals surface area (Å²) in [5.41, 5.74) is 3.43. The van der Waals surface area contributed by atoms with Crippen molar-refractivity contribution in [2.75, 3.05) is 6.61 Å². The van der Waals surface area contributed by atoms with E-state index >= 15 is 0 Å². The van der Waals surface area contributed by atoms with Gasteiger partial charge in [-0.25, -0.2) is 14.6 Å². The van der Waals surface area contributed by atoms with Crippen LogP contribution in [0.2, 0.25) is 0 Å². The quantitative estimate of drug-likeness (QED) is 0.138. The Morgan fingerprint density at radius 3 is 2.42 bits per heavy atom. The van der Waals surface area contributed by atoms with Gasteiger partial charge in [-0.15, -0.1) is 0 Å². The molecule has 250 valence electrons. The molecule has 2 amide bonds. The molecule has 3 heterocycles. The summed E-state index contributed by atoms with van der Waals surface area (Å²) in [6.07, 6.45) is 3.82. The molecule has 0 aliphatic rings. The number of carbonyl (C=O) groups excluding carboxylic acids is 3. The summed E-state index contributed by atoms with van der Waals surface area (Å²) in [6.45, 7) is 5.98. The molecule has 48 heavy (non-hydrogen) atoms. The Labute approximate surface area is 279 Å². The molecule has 0 unspecified atom stereocenters. The number of hydrogen-bond acceptors (Lipinski definition) is 8. The lowest BCUT2D eigenvalue weighted by Crippen LogP contribution is -2.44. The molecule has 3 aromatic heterocycles.